The van der Waals surface area contributed by atoms with Gasteiger partial charge in [-0.25, -0.2) is 8.42 Å². The second-order valence-electron chi connectivity index (χ2n) is 7.75. The Balaban J connectivity index is 1.70. The Morgan fingerprint density at radius 3 is 2.57 bits per heavy atom. The third kappa shape index (κ3) is 4.67. The smallest absolute Gasteiger partial charge is 0.425 e. The van der Waals surface area contributed by atoms with Crippen molar-refractivity contribution in [2.45, 2.75) is 67.0 Å². The maximum Gasteiger partial charge on any atom is 0.425 e. The predicted octanol–water partition coefficient (Wildman–Crippen LogP) is 3.78. The van der Waals surface area contributed by atoms with Gasteiger partial charge >= 0.3 is 6.18 Å². The van der Waals surface area contributed by atoms with Crippen molar-refractivity contribution in [2.24, 2.45) is 5.92 Å². The number of alkyl halides is 3. The molecule has 11 heteroatoms. The summed E-state index contributed by atoms with van der Waals surface area (Å²) in [7, 11) is -3.90. The van der Waals surface area contributed by atoms with E-state index in [9.17, 15) is 26.4 Å². The Morgan fingerprint density at radius 1 is 1.37 bits per heavy atom. The molecule has 2 aliphatic carbocycles. The van der Waals surface area contributed by atoms with E-state index in [2.05, 4.69) is 11.4 Å². The highest BCUT2D eigenvalue weighted by molar-refractivity contribution is 7.92. The minimum Gasteiger partial charge on any atom is -0.481 e. The molecule has 1 aromatic rings. The number of ether oxygens (including phenoxy) is 1. The van der Waals surface area contributed by atoms with Gasteiger partial charge in [-0.05, 0) is 51.2 Å². The Morgan fingerprint density at radius 2 is 2.03 bits per heavy atom. The Labute approximate surface area is 177 Å². The van der Waals surface area contributed by atoms with Crippen LogP contribution in [0.4, 0.5) is 13.2 Å². The normalized spacial score (nSPS) is 24.0. The Kier molecular flexibility index (Phi) is 6.00. The molecule has 6 nitrogen and oxygen atoms in total. The molecule has 0 bridgehead atoms. The fourth-order valence-electron chi connectivity index (χ4n) is 3.42. The van der Waals surface area contributed by atoms with Gasteiger partial charge in [0.05, 0.1) is 21.2 Å². The Hall–Kier alpha value is -1.99. The first kappa shape index (κ1) is 22.7. The molecule has 0 aliphatic heterocycles. The van der Waals surface area contributed by atoms with Crippen LogP contribution in [-0.4, -0.2) is 37.4 Å². The van der Waals surface area contributed by atoms with Gasteiger partial charge in [0.1, 0.15) is 11.3 Å². The second-order valence-corrected chi connectivity index (χ2v) is 10.4. The first-order valence-electron chi connectivity index (χ1n) is 9.38. The molecule has 0 unspecified atom stereocenters. The lowest BCUT2D eigenvalue weighted by Gasteiger charge is -2.19. The van der Waals surface area contributed by atoms with E-state index in [0.29, 0.717) is 19.3 Å². The number of rotatable bonds is 6. The number of nitrogens with one attached hydrogen (secondary N) is 1. The fraction of sp³-hybridized carbons (Fsp3) is 0.579. The maximum absolute atomic E-state index is 13.0. The van der Waals surface area contributed by atoms with Crippen LogP contribution in [0.3, 0.4) is 0 Å². The topological polar surface area (TPSA) is 96.3 Å². The molecule has 0 heterocycles. The quantitative estimate of drug-likeness (QED) is 0.691. The molecule has 0 saturated heterocycles. The molecular weight excluding hydrogens is 445 g/mol. The van der Waals surface area contributed by atoms with E-state index in [4.69, 9.17) is 21.6 Å². The lowest BCUT2D eigenvalue weighted by Crippen LogP contribution is -2.39. The van der Waals surface area contributed by atoms with Crippen LogP contribution in [0.25, 0.3) is 0 Å². The molecule has 0 aromatic heterocycles. The van der Waals surface area contributed by atoms with Crippen LogP contribution in [0, 0.1) is 17.2 Å². The summed E-state index contributed by atoms with van der Waals surface area (Å²) in [5.74, 6) is -1.05. The van der Waals surface area contributed by atoms with Crippen LogP contribution in [0.5, 0.6) is 5.75 Å². The third-order valence-electron chi connectivity index (χ3n) is 5.50. The van der Waals surface area contributed by atoms with Crippen molar-refractivity contribution in [1.29, 1.82) is 5.26 Å². The standard InChI is InChI=1S/C19H20ClF3N2O4S/c1-11(19(21,22)23)29-13-3-5-16(15(20)9-13)30(27,28)14-4-2-12(8-14)17(26)25-18(10-24)6-7-18/h3,5,9,11-12,14H,2,4,6-8H2,1H3,(H,25,26)/t11-,12+,14+/m1/s1. The van der Waals surface area contributed by atoms with E-state index in [-0.39, 0.29) is 34.4 Å². The van der Waals surface area contributed by atoms with Gasteiger partial charge in [0.2, 0.25) is 5.91 Å². The molecule has 3 atom stereocenters. The number of nitrogens with zero attached hydrogens (tertiary/aromatic N) is 1. The molecule has 0 spiro atoms. The number of hydrogen-bond acceptors (Lipinski definition) is 5. The van der Waals surface area contributed by atoms with Crippen molar-refractivity contribution < 1.29 is 31.1 Å². The van der Waals surface area contributed by atoms with E-state index < -0.39 is 38.8 Å². The number of carbonyl (C=O) groups excluding carboxylic acids is 1. The van der Waals surface area contributed by atoms with Crippen LogP contribution in [0.2, 0.25) is 5.02 Å². The minimum atomic E-state index is -4.57. The van der Waals surface area contributed by atoms with E-state index >= 15 is 0 Å². The number of halogens is 4. The lowest BCUT2D eigenvalue weighted by molar-refractivity contribution is -0.189. The van der Waals surface area contributed by atoms with E-state index in [0.717, 1.165) is 25.1 Å². The first-order chi connectivity index (χ1) is 13.9. The zero-order valence-electron chi connectivity index (χ0n) is 16.0. The number of benzene rings is 1. The third-order valence-corrected chi connectivity index (χ3v) is 8.20. The van der Waals surface area contributed by atoms with Gasteiger partial charge in [0, 0.05) is 12.0 Å². The van der Waals surface area contributed by atoms with Crippen LogP contribution < -0.4 is 10.1 Å². The van der Waals surface area contributed by atoms with Crippen molar-refractivity contribution in [3.05, 3.63) is 23.2 Å². The number of amides is 1. The summed E-state index contributed by atoms with van der Waals surface area (Å²) in [5.41, 5.74) is -0.819. The highest BCUT2D eigenvalue weighted by atomic mass is 35.5. The number of carbonyl (C=O) groups is 1. The summed E-state index contributed by atoms with van der Waals surface area (Å²) in [6.07, 6.45) is -4.77. The molecule has 2 saturated carbocycles. The van der Waals surface area contributed by atoms with Crippen molar-refractivity contribution in [3.8, 4) is 11.8 Å². The van der Waals surface area contributed by atoms with Crippen LogP contribution in [0.15, 0.2) is 23.1 Å². The van der Waals surface area contributed by atoms with E-state index in [1.54, 1.807) is 0 Å². The summed E-state index contributed by atoms with van der Waals surface area (Å²) in [6.45, 7) is 0.834. The monoisotopic (exact) mass is 464 g/mol. The molecule has 30 heavy (non-hydrogen) atoms. The first-order valence-corrected chi connectivity index (χ1v) is 11.3. The van der Waals surface area contributed by atoms with E-state index in [1.807, 2.05) is 0 Å². The maximum atomic E-state index is 13.0. The molecule has 0 radical (unpaired) electrons. The molecule has 3 rings (SSSR count). The lowest BCUT2D eigenvalue weighted by atomic mass is 10.1. The molecule has 1 aromatic carbocycles. The summed E-state index contributed by atoms with van der Waals surface area (Å²) in [5, 5.41) is 10.7. The fourth-order valence-corrected chi connectivity index (χ4v) is 5.80. The SMILES string of the molecule is C[C@@H](Oc1ccc(S(=O)(=O)[C@H]2CC[C@H](C(=O)NC3(C#N)CC3)C2)c(Cl)c1)C(F)(F)F. The molecule has 164 valence electrons. The molecule has 2 fully saturated rings. The average molecular weight is 465 g/mol. The van der Waals surface area contributed by atoms with Gasteiger partial charge in [-0.2, -0.15) is 18.4 Å². The zero-order valence-corrected chi connectivity index (χ0v) is 17.6. The van der Waals surface area contributed by atoms with Gasteiger partial charge in [-0.1, -0.05) is 11.6 Å². The van der Waals surface area contributed by atoms with Gasteiger partial charge in [0.15, 0.2) is 15.9 Å². The molecule has 1 amide bonds. The summed E-state index contributed by atoms with van der Waals surface area (Å²) >= 11 is 6.05. The van der Waals surface area contributed by atoms with Gasteiger partial charge < -0.3 is 10.1 Å². The van der Waals surface area contributed by atoms with Crippen LogP contribution >= 0.6 is 11.6 Å². The van der Waals surface area contributed by atoms with Crippen molar-refractivity contribution in [1.82, 2.24) is 5.32 Å². The van der Waals surface area contributed by atoms with Crippen LogP contribution in [0.1, 0.15) is 39.0 Å². The molecule has 1 N–H and O–H groups in total. The second kappa shape index (κ2) is 7.93. The van der Waals surface area contributed by atoms with Gasteiger partial charge in [-0.15, -0.1) is 0 Å². The van der Waals surface area contributed by atoms with E-state index in [1.165, 1.54) is 0 Å². The summed E-state index contributed by atoms with van der Waals surface area (Å²) in [4.78, 5) is 12.2. The number of sulfone groups is 1. The summed E-state index contributed by atoms with van der Waals surface area (Å²) in [6, 6.07) is 5.35. The largest absolute Gasteiger partial charge is 0.481 e. The highest BCUT2D eigenvalue weighted by Crippen LogP contribution is 2.39. The van der Waals surface area contributed by atoms with Crippen molar-refractivity contribution in [2.75, 3.05) is 0 Å². The van der Waals surface area contributed by atoms with Crippen molar-refractivity contribution in [3.63, 3.8) is 0 Å². The van der Waals surface area contributed by atoms with Crippen LogP contribution in [-0.2, 0) is 14.6 Å². The van der Waals surface area contributed by atoms with Crippen molar-refractivity contribution >= 4 is 27.3 Å². The average Bonchev–Trinajstić information content (AvgIpc) is 3.23. The van der Waals surface area contributed by atoms with Gasteiger partial charge in [-0.3, -0.25) is 4.79 Å². The van der Waals surface area contributed by atoms with Gasteiger partial charge in [0.25, 0.3) is 0 Å². The highest BCUT2D eigenvalue weighted by Gasteiger charge is 2.47. The molecular formula is C19H20ClF3N2O4S. The zero-order chi connectivity index (χ0) is 22.3. The molecule has 2 aliphatic rings. The summed E-state index contributed by atoms with van der Waals surface area (Å²) < 4.78 is 68.6. The Bertz CT molecular complexity index is 986. The number of nitriles is 1. The predicted molar refractivity (Wildman–Crippen MR) is 102 cm³/mol. The number of hydrogen-bond donors (Lipinski definition) is 1. The minimum absolute atomic E-state index is 0.0926.